The second-order valence-corrected chi connectivity index (χ2v) is 6.08. The first-order valence-electron chi connectivity index (χ1n) is 6.96. The van der Waals surface area contributed by atoms with Crippen LogP contribution in [0.15, 0.2) is 12.7 Å². The van der Waals surface area contributed by atoms with E-state index in [0.29, 0.717) is 12.1 Å². The molecule has 3 rings (SSSR count). The van der Waals surface area contributed by atoms with Gasteiger partial charge >= 0.3 is 6.03 Å². The highest BCUT2D eigenvalue weighted by Gasteiger charge is 2.56. The van der Waals surface area contributed by atoms with Crippen LogP contribution in [0.4, 0.5) is 4.79 Å². The Balaban J connectivity index is 1.79. The molecule has 6 nitrogen and oxygen atoms in total. The van der Waals surface area contributed by atoms with E-state index >= 15 is 0 Å². The number of amides is 1. The summed E-state index contributed by atoms with van der Waals surface area (Å²) in [7, 11) is 0. The summed E-state index contributed by atoms with van der Waals surface area (Å²) in [6.07, 6.45) is 5.05. The number of carbonyl (C=O) groups is 1. The van der Waals surface area contributed by atoms with Crippen LogP contribution in [0.25, 0.3) is 0 Å². The summed E-state index contributed by atoms with van der Waals surface area (Å²) in [6, 6.07) is 0.796. The summed E-state index contributed by atoms with van der Waals surface area (Å²) < 4.78 is 1.34. The Kier molecular flexibility index (Phi) is 2.85. The molecule has 0 N–H and O–H groups in total. The predicted octanol–water partition coefficient (Wildman–Crippen LogP) is 1.19. The van der Waals surface area contributed by atoms with Gasteiger partial charge in [-0.1, -0.05) is 0 Å². The van der Waals surface area contributed by atoms with Crippen LogP contribution in [0, 0.1) is 0 Å². The molecular formula is C13H21N5O. The molecule has 1 amide bonds. The zero-order valence-electron chi connectivity index (χ0n) is 11.8. The molecule has 2 fully saturated rings. The number of nitrogens with zero attached hydrogens (tertiary/aromatic N) is 5. The van der Waals surface area contributed by atoms with Crippen LogP contribution in [0.1, 0.15) is 33.6 Å². The van der Waals surface area contributed by atoms with Crippen molar-refractivity contribution in [2.45, 2.75) is 51.2 Å². The third-order valence-corrected chi connectivity index (χ3v) is 4.54. The lowest BCUT2D eigenvalue weighted by molar-refractivity contribution is -0.0202. The molecule has 0 radical (unpaired) electrons. The van der Waals surface area contributed by atoms with E-state index in [2.05, 4.69) is 35.8 Å². The molecule has 2 aliphatic heterocycles. The molecule has 2 saturated heterocycles. The van der Waals surface area contributed by atoms with Crippen LogP contribution < -0.4 is 0 Å². The standard InChI is InChI=1S/C13H21N5O/c1-10(2)16-5-4-13(7-16)6-11(3)18(13)12(19)17-9-14-8-15-17/h8-11H,4-7H2,1-3H3. The number of hydrogen-bond donors (Lipinski definition) is 0. The fourth-order valence-corrected chi connectivity index (χ4v) is 3.60. The van der Waals surface area contributed by atoms with Gasteiger partial charge in [-0.2, -0.15) is 9.78 Å². The summed E-state index contributed by atoms with van der Waals surface area (Å²) in [6.45, 7) is 8.59. The van der Waals surface area contributed by atoms with Crippen LogP contribution >= 0.6 is 0 Å². The average Bonchev–Trinajstić information content (AvgIpc) is 2.97. The van der Waals surface area contributed by atoms with Crippen molar-refractivity contribution in [2.24, 2.45) is 0 Å². The van der Waals surface area contributed by atoms with E-state index in [0.717, 1.165) is 25.9 Å². The van der Waals surface area contributed by atoms with Gasteiger partial charge in [-0.05, 0) is 33.6 Å². The summed E-state index contributed by atoms with van der Waals surface area (Å²) in [5.41, 5.74) is 0.0206. The SMILES string of the molecule is CC(C)N1CCC2(CC(C)N2C(=O)n2cncn2)C1. The maximum atomic E-state index is 12.5. The lowest BCUT2D eigenvalue weighted by Crippen LogP contribution is -2.69. The van der Waals surface area contributed by atoms with Gasteiger partial charge in [0, 0.05) is 25.2 Å². The van der Waals surface area contributed by atoms with Gasteiger partial charge in [0.2, 0.25) is 0 Å². The fourth-order valence-electron chi connectivity index (χ4n) is 3.60. The van der Waals surface area contributed by atoms with Gasteiger partial charge in [0.25, 0.3) is 0 Å². The van der Waals surface area contributed by atoms with Gasteiger partial charge in [-0.15, -0.1) is 0 Å². The van der Waals surface area contributed by atoms with Crippen LogP contribution in [0.3, 0.4) is 0 Å². The average molecular weight is 263 g/mol. The zero-order valence-corrected chi connectivity index (χ0v) is 11.8. The largest absolute Gasteiger partial charge is 0.346 e. The first kappa shape index (κ1) is 12.6. The van der Waals surface area contributed by atoms with E-state index < -0.39 is 0 Å². The van der Waals surface area contributed by atoms with Crippen molar-refractivity contribution in [3.63, 3.8) is 0 Å². The number of carbonyl (C=O) groups excluding carboxylic acids is 1. The summed E-state index contributed by atoms with van der Waals surface area (Å²) in [5, 5.41) is 3.96. The topological polar surface area (TPSA) is 54.3 Å². The minimum atomic E-state index is -0.0399. The molecule has 1 aromatic heterocycles. The highest BCUT2D eigenvalue weighted by molar-refractivity contribution is 5.78. The molecule has 2 aliphatic rings. The maximum absolute atomic E-state index is 12.5. The summed E-state index contributed by atoms with van der Waals surface area (Å²) >= 11 is 0. The van der Waals surface area contributed by atoms with Crippen LogP contribution in [0.5, 0.6) is 0 Å². The molecular weight excluding hydrogens is 242 g/mol. The zero-order chi connectivity index (χ0) is 13.6. The van der Waals surface area contributed by atoms with Crippen molar-refractivity contribution in [3.8, 4) is 0 Å². The Labute approximate surface area is 113 Å². The third-order valence-electron chi connectivity index (χ3n) is 4.54. The van der Waals surface area contributed by atoms with Crippen molar-refractivity contribution in [1.29, 1.82) is 0 Å². The highest BCUT2D eigenvalue weighted by Crippen LogP contribution is 2.44. The van der Waals surface area contributed by atoms with E-state index in [4.69, 9.17) is 0 Å². The summed E-state index contributed by atoms with van der Waals surface area (Å²) in [4.78, 5) is 20.8. The second-order valence-electron chi connectivity index (χ2n) is 6.08. The Morgan fingerprint density at radius 3 is 2.79 bits per heavy atom. The second kappa shape index (κ2) is 4.30. The van der Waals surface area contributed by atoms with Gasteiger partial charge < -0.3 is 4.90 Å². The Hall–Kier alpha value is -1.43. The molecule has 3 heterocycles. The van der Waals surface area contributed by atoms with Crippen molar-refractivity contribution >= 4 is 6.03 Å². The number of aromatic nitrogens is 3. The number of likely N-dealkylation sites (tertiary alicyclic amines) is 2. The van der Waals surface area contributed by atoms with E-state index in [9.17, 15) is 4.79 Å². The van der Waals surface area contributed by atoms with Crippen molar-refractivity contribution in [2.75, 3.05) is 13.1 Å². The summed E-state index contributed by atoms with van der Waals surface area (Å²) in [5.74, 6) is 0. The van der Waals surface area contributed by atoms with Gasteiger partial charge in [-0.3, -0.25) is 4.90 Å². The first-order valence-corrected chi connectivity index (χ1v) is 6.96. The molecule has 104 valence electrons. The first-order chi connectivity index (χ1) is 9.03. The van der Waals surface area contributed by atoms with Crippen LogP contribution in [-0.4, -0.2) is 61.3 Å². The van der Waals surface area contributed by atoms with E-state index in [1.807, 2.05) is 4.90 Å². The normalized spacial score (nSPS) is 31.2. The van der Waals surface area contributed by atoms with E-state index in [-0.39, 0.29) is 11.6 Å². The molecule has 6 heteroatoms. The Bertz CT molecular complexity index is 471. The quantitative estimate of drug-likeness (QED) is 0.764. The Morgan fingerprint density at radius 1 is 1.47 bits per heavy atom. The molecule has 0 aromatic carbocycles. The minimum Gasteiger partial charge on any atom is -0.313 e. The molecule has 1 spiro atoms. The molecule has 0 aliphatic carbocycles. The van der Waals surface area contributed by atoms with Gasteiger partial charge in [-0.25, -0.2) is 9.78 Å². The highest BCUT2D eigenvalue weighted by atomic mass is 16.2. The molecule has 1 aromatic rings. The van der Waals surface area contributed by atoms with Crippen molar-refractivity contribution < 1.29 is 4.79 Å². The van der Waals surface area contributed by atoms with Crippen LogP contribution in [0.2, 0.25) is 0 Å². The molecule has 0 saturated carbocycles. The number of hydrogen-bond acceptors (Lipinski definition) is 4. The molecule has 0 bridgehead atoms. The van der Waals surface area contributed by atoms with Crippen molar-refractivity contribution in [1.82, 2.24) is 24.6 Å². The number of rotatable bonds is 1. The van der Waals surface area contributed by atoms with E-state index in [1.54, 1.807) is 0 Å². The van der Waals surface area contributed by atoms with E-state index in [1.165, 1.54) is 17.3 Å². The molecule has 19 heavy (non-hydrogen) atoms. The monoisotopic (exact) mass is 263 g/mol. The third kappa shape index (κ3) is 1.85. The fraction of sp³-hybridized carbons (Fsp3) is 0.769. The Morgan fingerprint density at radius 2 is 2.26 bits per heavy atom. The van der Waals surface area contributed by atoms with Gasteiger partial charge in [0.15, 0.2) is 0 Å². The van der Waals surface area contributed by atoms with Crippen molar-refractivity contribution in [3.05, 3.63) is 12.7 Å². The maximum Gasteiger partial charge on any atom is 0.346 e. The lowest BCUT2D eigenvalue weighted by Gasteiger charge is -2.55. The smallest absolute Gasteiger partial charge is 0.313 e. The lowest BCUT2D eigenvalue weighted by atomic mass is 9.78. The van der Waals surface area contributed by atoms with Gasteiger partial charge in [0.05, 0.1) is 5.54 Å². The molecule has 2 atom stereocenters. The minimum absolute atomic E-state index is 0.0206. The predicted molar refractivity (Wildman–Crippen MR) is 70.8 cm³/mol. The van der Waals surface area contributed by atoms with Gasteiger partial charge in [0.1, 0.15) is 12.7 Å². The van der Waals surface area contributed by atoms with Crippen LogP contribution in [-0.2, 0) is 0 Å². The molecule has 2 unspecified atom stereocenters.